The molecular weight excluding hydrogens is 382 g/mol. The predicted octanol–water partition coefficient (Wildman–Crippen LogP) is 1.73. The Bertz CT molecular complexity index is 760. The number of sulfonamides is 1. The third-order valence-electron chi connectivity index (χ3n) is 4.11. The molecule has 0 radical (unpaired) electrons. The van der Waals surface area contributed by atoms with Gasteiger partial charge in [-0.1, -0.05) is 13.8 Å². The van der Waals surface area contributed by atoms with Crippen LogP contribution in [0.15, 0.2) is 16.3 Å². The van der Waals surface area contributed by atoms with Crippen molar-refractivity contribution in [3.63, 3.8) is 0 Å². The molecule has 1 fully saturated rings. The SMILES string of the molecule is CCCN(CCC)S(=O)(=O)N1CCN(S(=O)(=O)c2ccc(C)s2)CC1. The van der Waals surface area contributed by atoms with E-state index in [2.05, 4.69) is 0 Å². The van der Waals surface area contributed by atoms with Gasteiger partial charge in [0.1, 0.15) is 4.21 Å². The van der Waals surface area contributed by atoms with Crippen molar-refractivity contribution in [1.82, 2.24) is 12.9 Å². The highest BCUT2D eigenvalue weighted by Crippen LogP contribution is 2.25. The Hall–Kier alpha value is -0.520. The summed E-state index contributed by atoms with van der Waals surface area (Å²) in [4.78, 5) is 0.939. The van der Waals surface area contributed by atoms with Crippen LogP contribution in [0.5, 0.6) is 0 Å². The fraction of sp³-hybridized carbons (Fsp3) is 0.733. The summed E-state index contributed by atoms with van der Waals surface area (Å²) in [7, 11) is -7.06. The quantitative estimate of drug-likeness (QED) is 0.655. The van der Waals surface area contributed by atoms with E-state index in [4.69, 9.17) is 0 Å². The summed E-state index contributed by atoms with van der Waals surface area (Å²) in [6.07, 6.45) is 1.51. The first-order valence-corrected chi connectivity index (χ1v) is 12.2. The molecule has 0 atom stereocenters. The van der Waals surface area contributed by atoms with E-state index in [1.807, 2.05) is 20.8 Å². The summed E-state index contributed by atoms with van der Waals surface area (Å²) in [5.74, 6) is 0. The van der Waals surface area contributed by atoms with Gasteiger partial charge in [-0.25, -0.2) is 8.42 Å². The first kappa shape index (κ1) is 20.8. The topological polar surface area (TPSA) is 78.0 Å². The molecule has 0 aliphatic carbocycles. The van der Waals surface area contributed by atoms with Gasteiger partial charge in [0, 0.05) is 44.1 Å². The second-order valence-electron chi connectivity index (χ2n) is 6.08. The van der Waals surface area contributed by atoms with Crippen molar-refractivity contribution >= 4 is 31.6 Å². The Morgan fingerprint density at radius 1 is 0.960 bits per heavy atom. The van der Waals surface area contributed by atoms with Crippen LogP contribution >= 0.6 is 11.3 Å². The van der Waals surface area contributed by atoms with E-state index >= 15 is 0 Å². The van der Waals surface area contributed by atoms with Gasteiger partial charge in [-0.3, -0.25) is 0 Å². The van der Waals surface area contributed by atoms with E-state index in [0.29, 0.717) is 17.3 Å². The van der Waals surface area contributed by atoms with Crippen LogP contribution in [0.1, 0.15) is 31.6 Å². The van der Waals surface area contributed by atoms with Crippen LogP contribution in [0.2, 0.25) is 0 Å². The van der Waals surface area contributed by atoms with Gasteiger partial charge in [0.25, 0.3) is 20.2 Å². The molecule has 1 aromatic rings. The lowest BCUT2D eigenvalue weighted by Crippen LogP contribution is -2.54. The third-order valence-corrected chi connectivity index (χ3v) is 9.51. The summed E-state index contributed by atoms with van der Waals surface area (Å²) in [5.41, 5.74) is 0. The van der Waals surface area contributed by atoms with Crippen molar-refractivity contribution in [3.8, 4) is 0 Å². The number of piperazine rings is 1. The minimum absolute atomic E-state index is 0.185. The van der Waals surface area contributed by atoms with E-state index in [9.17, 15) is 16.8 Å². The van der Waals surface area contributed by atoms with Crippen molar-refractivity contribution in [3.05, 3.63) is 17.0 Å². The summed E-state index contributed by atoms with van der Waals surface area (Å²) < 4.78 is 55.5. The molecule has 1 aliphatic heterocycles. The number of rotatable bonds is 8. The molecule has 0 amide bonds. The van der Waals surface area contributed by atoms with Crippen molar-refractivity contribution in [2.45, 2.75) is 37.8 Å². The minimum Gasteiger partial charge on any atom is -0.206 e. The van der Waals surface area contributed by atoms with Crippen LogP contribution in [0.4, 0.5) is 0 Å². The second-order valence-corrected chi connectivity index (χ2v) is 11.5. The van der Waals surface area contributed by atoms with Gasteiger partial charge in [-0.2, -0.15) is 21.3 Å². The zero-order valence-electron chi connectivity index (χ0n) is 15.0. The summed E-state index contributed by atoms with van der Waals surface area (Å²) in [6.45, 7) is 7.49. The van der Waals surface area contributed by atoms with Crippen molar-refractivity contribution < 1.29 is 16.8 Å². The highest BCUT2D eigenvalue weighted by Gasteiger charge is 2.35. The smallest absolute Gasteiger partial charge is 0.206 e. The van der Waals surface area contributed by atoms with Crippen molar-refractivity contribution in [2.24, 2.45) is 0 Å². The first-order valence-electron chi connectivity index (χ1n) is 8.55. The Kier molecular flexibility index (Phi) is 7.02. The van der Waals surface area contributed by atoms with E-state index in [1.54, 1.807) is 12.1 Å². The molecule has 1 saturated heterocycles. The molecule has 25 heavy (non-hydrogen) atoms. The van der Waals surface area contributed by atoms with Crippen LogP contribution in [0, 0.1) is 6.92 Å². The lowest BCUT2D eigenvalue weighted by atomic mass is 10.4. The van der Waals surface area contributed by atoms with E-state index in [-0.39, 0.29) is 26.2 Å². The van der Waals surface area contributed by atoms with Gasteiger partial charge >= 0.3 is 0 Å². The molecule has 0 unspecified atom stereocenters. The molecule has 0 spiro atoms. The molecule has 0 bridgehead atoms. The minimum atomic E-state index is -3.53. The monoisotopic (exact) mass is 409 g/mol. The van der Waals surface area contributed by atoms with Gasteiger partial charge in [0.2, 0.25) is 0 Å². The summed E-state index contributed by atoms with van der Waals surface area (Å²) in [6, 6.07) is 3.40. The van der Waals surface area contributed by atoms with Crippen LogP contribution < -0.4 is 0 Å². The third kappa shape index (κ3) is 4.61. The molecule has 1 aliphatic rings. The molecule has 0 N–H and O–H groups in total. The summed E-state index contributed by atoms with van der Waals surface area (Å²) in [5, 5.41) is 0. The Labute approximate surface area is 155 Å². The molecule has 2 rings (SSSR count). The molecule has 0 aromatic carbocycles. The predicted molar refractivity (Wildman–Crippen MR) is 100 cm³/mol. The van der Waals surface area contributed by atoms with Gasteiger partial charge in [-0.05, 0) is 31.9 Å². The van der Waals surface area contributed by atoms with Gasteiger partial charge in [0.05, 0.1) is 0 Å². The molecule has 10 heteroatoms. The standard InChI is InChI=1S/C15H27N3O4S3/c1-4-8-17(9-5-2)25(21,22)18-12-10-16(11-13-18)24(19,20)15-7-6-14(3)23-15/h6-7H,4-5,8-13H2,1-3H3. The summed E-state index contributed by atoms with van der Waals surface area (Å²) >= 11 is 1.24. The zero-order valence-corrected chi connectivity index (χ0v) is 17.5. The van der Waals surface area contributed by atoms with Crippen LogP contribution in [-0.2, 0) is 20.2 Å². The van der Waals surface area contributed by atoms with Crippen LogP contribution in [0.3, 0.4) is 0 Å². The zero-order chi connectivity index (χ0) is 18.7. The molecule has 0 saturated carbocycles. The fourth-order valence-electron chi connectivity index (χ4n) is 2.82. The average Bonchev–Trinajstić information content (AvgIpc) is 3.02. The van der Waals surface area contributed by atoms with Gasteiger partial charge in [0.15, 0.2) is 0 Å². The molecule has 7 nitrogen and oxygen atoms in total. The fourth-order valence-corrected chi connectivity index (χ4v) is 7.46. The highest BCUT2D eigenvalue weighted by atomic mass is 32.2. The lowest BCUT2D eigenvalue weighted by Gasteiger charge is -2.35. The number of hydrogen-bond acceptors (Lipinski definition) is 5. The Morgan fingerprint density at radius 3 is 1.92 bits per heavy atom. The van der Waals surface area contributed by atoms with Crippen molar-refractivity contribution in [2.75, 3.05) is 39.3 Å². The maximum absolute atomic E-state index is 12.8. The normalized spacial score (nSPS) is 18.1. The first-order chi connectivity index (χ1) is 11.7. The van der Waals surface area contributed by atoms with E-state index in [1.165, 1.54) is 24.3 Å². The number of hydrogen-bond donors (Lipinski definition) is 0. The average molecular weight is 410 g/mol. The maximum atomic E-state index is 12.8. The van der Waals surface area contributed by atoms with Crippen LogP contribution in [0.25, 0.3) is 0 Å². The maximum Gasteiger partial charge on any atom is 0.282 e. The van der Waals surface area contributed by atoms with E-state index in [0.717, 1.165) is 17.7 Å². The number of thiophene rings is 1. The molecular formula is C15H27N3O4S3. The van der Waals surface area contributed by atoms with Crippen molar-refractivity contribution in [1.29, 1.82) is 0 Å². The molecule has 144 valence electrons. The number of nitrogens with zero attached hydrogens (tertiary/aromatic N) is 3. The second kappa shape index (κ2) is 8.45. The largest absolute Gasteiger partial charge is 0.282 e. The number of aryl methyl sites for hydroxylation is 1. The Balaban J connectivity index is 2.08. The molecule has 1 aromatic heterocycles. The Morgan fingerprint density at radius 2 is 1.48 bits per heavy atom. The van der Waals surface area contributed by atoms with Gasteiger partial charge < -0.3 is 0 Å². The molecule has 2 heterocycles. The lowest BCUT2D eigenvalue weighted by molar-refractivity contribution is 0.253. The highest BCUT2D eigenvalue weighted by molar-refractivity contribution is 7.91. The van der Waals surface area contributed by atoms with Gasteiger partial charge in [-0.15, -0.1) is 11.3 Å². The van der Waals surface area contributed by atoms with Crippen LogP contribution in [-0.4, -0.2) is 69.0 Å². The van der Waals surface area contributed by atoms with E-state index < -0.39 is 20.2 Å².